The number of benzene rings is 1. The predicted molar refractivity (Wildman–Crippen MR) is 97.4 cm³/mol. The van der Waals surface area contributed by atoms with Gasteiger partial charge in [0.1, 0.15) is 5.75 Å². The van der Waals surface area contributed by atoms with Crippen LogP contribution >= 0.6 is 11.6 Å². The number of rotatable bonds is 6. The van der Waals surface area contributed by atoms with Crippen LogP contribution in [-0.4, -0.2) is 44.9 Å². The second kappa shape index (κ2) is 8.38. The topological polar surface area (TPSA) is 75.7 Å². The Morgan fingerprint density at radius 2 is 2.20 bits per heavy atom. The molecule has 140 valence electrons. The lowest BCUT2D eigenvalue weighted by atomic mass is 9.98. The highest BCUT2D eigenvalue weighted by atomic mass is 35.5. The Balaban J connectivity index is 2.16. The maximum Gasteiger partial charge on any atom is 0.243 e. The molecule has 1 N–H and O–H groups in total. The average Bonchev–Trinajstić information content (AvgIpc) is 2.61. The minimum Gasteiger partial charge on any atom is -0.495 e. The van der Waals surface area contributed by atoms with Crippen LogP contribution in [0, 0.1) is 5.92 Å². The molecule has 0 bridgehead atoms. The van der Waals surface area contributed by atoms with Gasteiger partial charge in [-0.1, -0.05) is 18.5 Å². The Hall–Kier alpha value is -1.31. The van der Waals surface area contributed by atoms with E-state index in [4.69, 9.17) is 16.3 Å². The summed E-state index contributed by atoms with van der Waals surface area (Å²) in [5.74, 6) is 0.0123. The molecule has 1 aliphatic rings. The number of piperidine rings is 1. The molecular formula is C17H25ClN2O4S. The van der Waals surface area contributed by atoms with Crippen LogP contribution in [0.3, 0.4) is 0 Å². The molecule has 25 heavy (non-hydrogen) atoms. The minimum atomic E-state index is -3.70. The summed E-state index contributed by atoms with van der Waals surface area (Å²) in [6, 6.07) is 4.48. The number of methoxy groups -OCH3 is 1. The molecule has 2 atom stereocenters. The fourth-order valence-corrected chi connectivity index (χ4v) is 4.67. The highest BCUT2D eigenvalue weighted by Gasteiger charge is 2.33. The Morgan fingerprint density at radius 3 is 2.80 bits per heavy atom. The summed E-state index contributed by atoms with van der Waals surface area (Å²) >= 11 is 6.05. The lowest BCUT2D eigenvalue weighted by Crippen LogP contribution is -2.46. The summed E-state index contributed by atoms with van der Waals surface area (Å²) in [4.78, 5) is 12.5. The molecule has 0 aromatic heterocycles. The molecule has 1 amide bonds. The Morgan fingerprint density at radius 1 is 1.48 bits per heavy atom. The summed E-state index contributed by atoms with van der Waals surface area (Å²) in [6.07, 6.45) is 2.18. The summed E-state index contributed by atoms with van der Waals surface area (Å²) in [6.45, 7) is 4.53. The molecular weight excluding hydrogens is 364 g/mol. The fourth-order valence-electron chi connectivity index (χ4n) is 2.79. The van der Waals surface area contributed by atoms with Gasteiger partial charge in [-0.3, -0.25) is 4.79 Å². The van der Waals surface area contributed by atoms with E-state index in [0.29, 0.717) is 25.1 Å². The molecule has 1 aromatic carbocycles. The van der Waals surface area contributed by atoms with Gasteiger partial charge in [0, 0.05) is 19.1 Å². The molecule has 1 saturated heterocycles. The highest BCUT2D eigenvalue weighted by Crippen LogP contribution is 2.30. The molecule has 1 heterocycles. The van der Waals surface area contributed by atoms with Crippen LogP contribution in [0.15, 0.2) is 23.1 Å². The molecule has 0 saturated carbocycles. The average molecular weight is 389 g/mol. The maximum atomic E-state index is 12.9. The Kier molecular flexibility index (Phi) is 6.71. The lowest BCUT2D eigenvalue weighted by Gasteiger charge is -2.31. The third-order valence-electron chi connectivity index (χ3n) is 4.52. The van der Waals surface area contributed by atoms with Gasteiger partial charge in [0.25, 0.3) is 0 Å². The van der Waals surface area contributed by atoms with Crippen molar-refractivity contribution in [3.8, 4) is 5.75 Å². The fraction of sp³-hybridized carbons (Fsp3) is 0.588. The second-order valence-electron chi connectivity index (χ2n) is 6.32. The maximum absolute atomic E-state index is 12.9. The number of hydrogen-bond acceptors (Lipinski definition) is 4. The van der Waals surface area contributed by atoms with Gasteiger partial charge in [-0.05, 0) is 44.4 Å². The molecule has 8 heteroatoms. The zero-order chi connectivity index (χ0) is 18.6. The lowest BCUT2D eigenvalue weighted by molar-refractivity contribution is -0.126. The van der Waals surface area contributed by atoms with E-state index < -0.39 is 10.0 Å². The van der Waals surface area contributed by atoms with Gasteiger partial charge in [-0.2, -0.15) is 4.31 Å². The first-order valence-corrected chi connectivity index (χ1v) is 10.3. The van der Waals surface area contributed by atoms with Crippen molar-refractivity contribution < 1.29 is 17.9 Å². The monoisotopic (exact) mass is 388 g/mol. The van der Waals surface area contributed by atoms with Gasteiger partial charge in [0.05, 0.1) is 22.9 Å². The zero-order valence-corrected chi connectivity index (χ0v) is 16.4. The Labute approximate surface area is 154 Å². The normalized spacial score (nSPS) is 20.1. The number of nitrogens with one attached hydrogen (secondary N) is 1. The standard InChI is InChI=1S/C17H25ClN2O4S/c1-4-12(2)19-17(21)13-6-5-9-20(11-13)25(22,23)14-7-8-16(24-3)15(18)10-14/h7-8,10,12-13H,4-6,9,11H2,1-3H3,(H,19,21). The molecule has 0 aliphatic carbocycles. The van der Waals surface area contributed by atoms with Gasteiger partial charge in [0.15, 0.2) is 0 Å². The summed E-state index contributed by atoms with van der Waals surface area (Å²) < 4.78 is 32.2. The first kappa shape index (κ1) is 20.0. The molecule has 0 radical (unpaired) electrons. The van der Waals surface area contributed by atoms with E-state index in [-0.39, 0.29) is 34.3 Å². The van der Waals surface area contributed by atoms with Gasteiger partial charge in [-0.15, -0.1) is 0 Å². The zero-order valence-electron chi connectivity index (χ0n) is 14.8. The minimum absolute atomic E-state index is 0.0815. The second-order valence-corrected chi connectivity index (χ2v) is 8.66. The van der Waals surface area contributed by atoms with Crippen LogP contribution < -0.4 is 10.1 Å². The van der Waals surface area contributed by atoms with Gasteiger partial charge >= 0.3 is 0 Å². The van der Waals surface area contributed by atoms with Crippen LogP contribution in [-0.2, 0) is 14.8 Å². The van der Waals surface area contributed by atoms with E-state index in [1.807, 2.05) is 13.8 Å². The van der Waals surface area contributed by atoms with Crippen LogP contribution in [0.25, 0.3) is 0 Å². The first-order chi connectivity index (χ1) is 11.8. The SMILES string of the molecule is CCC(C)NC(=O)C1CCCN(S(=O)(=O)c2ccc(OC)c(Cl)c2)C1. The van der Waals surface area contributed by atoms with Gasteiger partial charge in [-0.25, -0.2) is 8.42 Å². The van der Waals surface area contributed by atoms with Crippen molar-refractivity contribution in [3.05, 3.63) is 23.2 Å². The van der Waals surface area contributed by atoms with Gasteiger partial charge in [0.2, 0.25) is 15.9 Å². The van der Waals surface area contributed by atoms with Crippen molar-refractivity contribution in [1.82, 2.24) is 9.62 Å². The quantitative estimate of drug-likeness (QED) is 0.812. The van der Waals surface area contributed by atoms with Gasteiger partial charge < -0.3 is 10.1 Å². The Bertz CT molecular complexity index is 723. The van der Waals surface area contributed by atoms with E-state index in [1.54, 1.807) is 0 Å². The summed E-state index contributed by atoms with van der Waals surface area (Å²) in [5, 5.41) is 3.18. The van der Waals surface area contributed by atoms with Crippen LogP contribution in [0.5, 0.6) is 5.75 Å². The van der Waals surface area contributed by atoms with Crippen molar-refractivity contribution in [3.63, 3.8) is 0 Å². The van der Waals surface area contributed by atoms with E-state index in [0.717, 1.165) is 6.42 Å². The molecule has 1 aromatic rings. The largest absolute Gasteiger partial charge is 0.495 e. The summed E-state index contributed by atoms with van der Waals surface area (Å²) in [5.41, 5.74) is 0. The number of ether oxygens (including phenoxy) is 1. The van der Waals surface area contributed by atoms with Crippen molar-refractivity contribution in [2.24, 2.45) is 5.92 Å². The molecule has 6 nitrogen and oxygen atoms in total. The number of amides is 1. The first-order valence-electron chi connectivity index (χ1n) is 8.43. The van der Waals surface area contributed by atoms with Crippen molar-refractivity contribution in [2.75, 3.05) is 20.2 Å². The van der Waals surface area contributed by atoms with Crippen molar-refractivity contribution in [2.45, 2.75) is 44.0 Å². The van der Waals surface area contributed by atoms with Crippen molar-refractivity contribution in [1.29, 1.82) is 0 Å². The number of carbonyl (C=O) groups excluding carboxylic acids is 1. The smallest absolute Gasteiger partial charge is 0.243 e. The van der Waals surface area contributed by atoms with E-state index in [2.05, 4.69) is 5.32 Å². The molecule has 2 unspecified atom stereocenters. The third-order valence-corrected chi connectivity index (χ3v) is 6.67. The van der Waals surface area contributed by atoms with E-state index in [9.17, 15) is 13.2 Å². The van der Waals surface area contributed by atoms with Crippen LogP contribution in [0.1, 0.15) is 33.1 Å². The van der Waals surface area contributed by atoms with E-state index in [1.165, 1.54) is 29.6 Å². The number of hydrogen-bond donors (Lipinski definition) is 1. The van der Waals surface area contributed by atoms with Crippen LogP contribution in [0.4, 0.5) is 0 Å². The van der Waals surface area contributed by atoms with Crippen molar-refractivity contribution >= 4 is 27.5 Å². The molecule has 1 aliphatic heterocycles. The summed E-state index contributed by atoms with van der Waals surface area (Å²) in [7, 11) is -2.22. The number of nitrogens with zero attached hydrogens (tertiary/aromatic N) is 1. The predicted octanol–water partition coefficient (Wildman–Crippen LogP) is 2.66. The number of sulfonamides is 1. The molecule has 0 spiro atoms. The number of halogens is 1. The molecule has 2 rings (SSSR count). The number of carbonyl (C=O) groups is 1. The third kappa shape index (κ3) is 4.65. The highest BCUT2D eigenvalue weighted by molar-refractivity contribution is 7.89. The molecule has 1 fully saturated rings. The van der Waals surface area contributed by atoms with Crippen LogP contribution in [0.2, 0.25) is 5.02 Å². The van der Waals surface area contributed by atoms with E-state index >= 15 is 0 Å².